The molecule has 3 N–H and O–H groups in total. The summed E-state index contributed by atoms with van der Waals surface area (Å²) in [5.41, 5.74) is 0.991. The molecular weight excluding hydrogens is 459 g/mol. The molecule has 0 spiro atoms. The molecule has 170 valence electrons. The Morgan fingerprint density at radius 2 is 2.09 bits per heavy atom. The first-order valence-corrected chi connectivity index (χ1v) is 11.4. The number of thiophene rings is 1. The number of ether oxygens (including phenoxy) is 2. The maximum Gasteiger partial charge on any atom is 0.223 e. The topological polar surface area (TPSA) is 110 Å². The van der Waals surface area contributed by atoms with Gasteiger partial charge in [0.05, 0.1) is 45.2 Å². The van der Waals surface area contributed by atoms with Crippen LogP contribution in [0.1, 0.15) is 31.4 Å². The first kappa shape index (κ1) is 21.9. The lowest BCUT2D eigenvalue weighted by Gasteiger charge is -2.32. The van der Waals surface area contributed by atoms with E-state index in [1.54, 1.807) is 20.0 Å². The molecule has 0 amide bonds. The van der Waals surface area contributed by atoms with Crippen LogP contribution in [0.15, 0.2) is 12.4 Å². The fraction of sp³-hybridized carbons (Fsp3) is 0.476. The molecule has 3 aromatic rings. The van der Waals surface area contributed by atoms with E-state index in [0.29, 0.717) is 29.0 Å². The minimum absolute atomic E-state index is 0.0421. The quantitative estimate of drug-likeness (QED) is 0.521. The first-order valence-electron chi connectivity index (χ1n) is 10.2. The van der Waals surface area contributed by atoms with Gasteiger partial charge in [-0.2, -0.15) is 0 Å². The van der Waals surface area contributed by atoms with Gasteiger partial charge < -0.3 is 25.0 Å². The molecule has 5 heterocycles. The van der Waals surface area contributed by atoms with Gasteiger partial charge in [0.1, 0.15) is 17.3 Å². The summed E-state index contributed by atoms with van der Waals surface area (Å²) in [6.45, 7) is 5.66. The minimum atomic E-state index is -1.08. The lowest BCUT2D eigenvalue weighted by molar-refractivity contribution is -0.156. The lowest BCUT2D eigenvalue weighted by Crippen LogP contribution is -2.48. The van der Waals surface area contributed by atoms with Crippen LogP contribution >= 0.6 is 22.9 Å². The monoisotopic (exact) mass is 480 g/mol. The normalized spacial score (nSPS) is 25.5. The average Bonchev–Trinajstić information content (AvgIpc) is 3.29. The molecule has 3 aromatic heterocycles. The van der Waals surface area contributed by atoms with E-state index in [1.807, 2.05) is 6.92 Å². The van der Waals surface area contributed by atoms with E-state index in [0.717, 1.165) is 16.5 Å². The van der Waals surface area contributed by atoms with Crippen LogP contribution in [0.5, 0.6) is 0 Å². The van der Waals surface area contributed by atoms with Gasteiger partial charge >= 0.3 is 0 Å². The molecule has 2 fully saturated rings. The van der Waals surface area contributed by atoms with Crippen molar-refractivity contribution in [3.63, 3.8) is 0 Å². The third-order valence-electron chi connectivity index (χ3n) is 5.81. The molecular formula is C21H22ClFN4O4S. The van der Waals surface area contributed by atoms with E-state index in [1.165, 1.54) is 11.3 Å². The minimum Gasteiger partial charge on any atom is -0.386 e. The molecule has 8 nitrogen and oxygen atoms in total. The number of hydrogen-bond donors (Lipinski definition) is 3. The molecule has 2 bridgehead atoms. The molecule has 4 atom stereocenters. The van der Waals surface area contributed by atoms with Crippen molar-refractivity contribution in [1.29, 1.82) is 0 Å². The number of nitrogens with zero attached hydrogens (tertiary/aromatic N) is 3. The van der Waals surface area contributed by atoms with Crippen LogP contribution in [-0.2, 0) is 15.1 Å². The first-order chi connectivity index (χ1) is 15.1. The van der Waals surface area contributed by atoms with Crippen LogP contribution < -0.4 is 5.32 Å². The largest absolute Gasteiger partial charge is 0.386 e. The van der Waals surface area contributed by atoms with Crippen LogP contribution in [-0.4, -0.2) is 56.3 Å². The van der Waals surface area contributed by atoms with E-state index in [4.69, 9.17) is 21.1 Å². The molecule has 0 radical (unpaired) electrons. The average molecular weight is 481 g/mol. The maximum absolute atomic E-state index is 14.8. The Balaban J connectivity index is 1.52. The molecule has 2 saturated heterocycles. The summed E-state index contributed by atoms with van der Waals surface area (Å²) in [4.78, 5) is 13.2. The number of aryl methyl sites for hydroxylation is 1. The second kappa shape index (κ2) is 7.82. The Hall–Kier alpha value is -1.95. The SMILES string of the molecule is Cc1c(C(C)(C)O)cnc2c(Cl)c(-c3nc(N[C@@H]4C[C@H]5CO[C@H](O5)[C@H]4O)ncc3F)sc12. The van der Waals surface area contributed by atoms with Crippen molar-refractivity contribution >= 4 is 39.1 Å². The second-order valence-corrected chi connectivity index (χ2v) is 10.0. The summed E-state index contributed by atoms with van der Waals surface area (Å²) in [6.07, 6.45) is 1.47. The third-order valence-corrected chi connectivity index (χ3v) is 7.59. The van der Waals surface area contributed by atoms with Crippen molar-refractivity contribution in [2.24, 2.45) is 0 Å². The number of hydrogen-bond acceptors (Lipinski definition) is 9. The number of halogens is 2. The van der Waals surface area contributed by atoms with E-state index in [9.17, 15) is 14.6 Å². The van der Waals surface area contributed by atoms with Gasteiger partial charge in [0.25, 0.3) is 0 Å². The van der Waals surface area contributed by atoms with Gasteiger partial charge in [-0.25, -0.2) is 14.4 Å². The number of rotatable bonds is 4. The van der Waals surface area contributed by atoms with Gasteiger partial charge in [0.2, 0.25) is 5.95 Å². The molecule has 5 rings (SSSR count). The third kappa shape index (κ3) is 3.64. The number of aromatic nitrogens is 3. The predicted molar refractivity (Wildman–Crippen MR) is 118 cm³/mol. The van der Waals surface area contributed by atoms with E-state index < -0.39 is 29.9 Å². The smallest absolute Gasteiger partial charge is 0.223 e. The number of aliphatic hydroxyl groups excluding tert-OH is 1. The summed E-state index contributed by atoms with van der Waals surface area (Å²) in [5, 5.41) is 24.2. The Kier molecular flexibility index (Phi) is 5.35. The van der Waals surface area contributed by atoms with Crippen LogP contribution in [0.2, 0.25) is 5.02 Å². The lowest BCUT2D eigenvalue weighted by atomic mass is 9.96. The van der Waals surface area contributed by atoms with Gasteiger partial charge in [-0.3, -0.25) is 4.98 Å². The van der Waals surface area contributed by atoms with Crippen LogP contribution in [0.25, 0.3) is 20.8 Å². The Morgan fingerprint density at radius 3 is 2.84 bits per heavy atom. The van der Waals surface area contributed by atoms with Crippen LogP contribution in [0.3, 0.4) is 0 Å². The summed E-state index contributed by atoms with van der Waals surface area (Å²) in [6, 6.07) is -0.393. The number of nitrogens with one attached hydrogen (secondary N) is 1. The highest BCUT2D eigenvalue weighted by Crippen LogP contribution is 2.44. The van der Waals surface area contributed by atoms with E-state index in [2.05, 4.69) is 20.3 Å². The van der Waals surface area contributed by atoms with Gasteiger partial charge in [0, 0.05) is 11.8 Å². The molecule has 0 aliphatic carbocycles. The van der Waals surface area contributed by atoms with Gasteiger partial charge in [-0.05, 0) is 32.8 Å². The van der Waals surface area contributed by atoms with E-state index in [-0.39, 0.29) is 22.8 Å². The Labute approximate surface area is 192 Å². The van der Waals surface area contributed by atoms with Gasteiger partial charge in [0.15, 0.2) is 12.1 Å². The highest BCUT2D eigenvalue weighted by atomic mass is 35.5. The zero-order valence-electron chi connectivity index (χ0n) is 17.6. The Morgan fingerprint density at radius 1 is 1.31 bits per heavy atom. The summed E-state index contributed by atoms with van der Waals surface area (Å²) < 4.78 is 26.5. The van der Waals surface area contributed by atoms with Gasteiger partial charge in [-0.1, -0.05) is 11.6 Å². The molecule has 0 aromatic carbocycles. The molecule has 0 unspecified atom stereocenters. The Bertz CT molecular complexity index is 1200. The van der Waals surface area contributed by atoms with Gasteiger partial charge in [-0.15, -0.1) is 11.3 Å². The molecule has 2 aliphatic heterocycles. The van der Waals surface area contributed by atoms with Crippen molar-refractivity contribution in [2.45, 2.75) is 57.3 Å². The van der Waals surface area contributed by atoms with Crippen molar-refractivity contribution < 1.29 is 24.1 Å². The zero-order chi connectivity index (χ0) is 22.8. The maximum atomic E-state index is 14.8. The fourth-order valence-corrected chi connectivity index (χ4v) is 5.73. The molecule has 11 heteroatoms. The van der Waals surface area contributed by atoms with Crippen molar-refractivity contribution in [3.05, 3.63) is 34.4 Å². The summed E-state index contributed by atoms with van der Waals surface area (Å²) in [5.74, 6) is -0.456. The van der Waals surface area contributed by atoms with Crippen LogP contribution in [0, 0.1) is 12.7 Å². The highest BCUT2D eigenvalue weighted by molar-refractivity contribution is 7.23. The fourth-order valence-electron chi connectivity index (χ4n) is 4.18. The summed E-state index contributed by atoms with van der Waals surface area (Å²) in [7, 11) is 0. The second-order valence-electron chi connectivity index (χ2n) is 8.61. The van der Waals surface area contributed by atoms with Crippen molar-refractivity contribution in [2.75, 3.05) is 11.9 Å². The van der Waals surface area contributed by atoms with E-state index >= 15 is 0 Å². The zero-order valence-corrected chi connectivity index (χ0v) is 19.2. The number of pyridine rings is 1. The van der Waals surface area contributed by atoms with Crippen molar-refractivity contribution in [1.82, 2.24) is 15.0 Å². The van der Waals surface area contributed by atoms with Crippen LogP contribution in [0.4, 0.5) is 10.3 Å². The molecule has 2 aliphatic rings. The number of fused-ring (bicyclic) bond motifs is 3. The summed E-state index contributed by atoms with van der Waals surface area (Å²) >= 11 is 7.84. The highest BCUT2D eigenvalue weighted by Gasteiger charge is 2.43. The number of aliphatic hydroxyl groups is 2. The predicted octanol–water partition coefficient (Wildman–Crippen LogP) is 3.37. The van der Waals surface area contributed by atoms with Crippen molar-refractivity contribution in [3.8, 4) is 10.6 Å². The standard InChI is InChI=1S/C21H22ClFN4O4S/c1-8-10(21(2,3)29)5-24-15-13(22)18(32-17(8)15)14-11(23)6-25-20(27-14)26-12-4-9-7-30-19(31-9)16(12)28/h5-6,9,12,16,19,28-29H,4,7H2,1-3H3,(H,25,26,27)/t9-,12+,16-,19+/m0/s1. The molecule has 32 heavy (non-hydrogen) atoms. The number of anilines is 1. The molecule has 0 saturated carbocycles.